The fourth-order valence-electron chi connectivity index (χ4n) is 1.87. The maximum absolute atomic E-state index is 6.30. The van der Waals surface area contributed by atoms with E-state index in [1.54, 1.807) is 0 Å². The lowest BCUT2D eigenvalue weighted by Gasteiger charge is -2.08. The number of aryl methyl sites for hydroxylation is 1. The van der Waals surface area contributed by atoms with Crippen LogP contribution in [-0.2, 0) is 0 Å². The van der Waals surface area contributed by atoms with Crippen LogP contribution in [0.1, 0.15) is 5.01 Å². The molecule has 3 aromatic rings. The van der Waals surface area contributed by atoms with Gasteiger partial charge in [-0.2, -0.15) is 0 Å². The van der Waals surface area contributed by atoms with Gasteiger partial charge in [-0.05, 0) is 24.6 Å². The standard InChI is InChI=1S/C14H8BrCl2N3S/c1-7-18-10(6-21-7)14-19-12(16)11(13(17)20-14)8-3-2-4-9(15)5-8/h2-6H,1H3. The van der Waals surface area contributed by atoms with E-state index in [2.05, 4.69) is 30.9 Å². The van der Waals surface area contributed by atoms with Gasteiger partial charge in [0.25, 0.3) is 0 Å². The number of hydrogen-bond acceptors (Lipinski definition) is 4. The average Bonchev–Trinajstić information content (AvgIpc) is 2.85. The highest BCUT2D eigenvalue weighted by atomic mass is 79.9. The maximum atomic E-state index is 6.30. The number of benzene rings is 1. The third kappa shape index (κ3) is 3.11. The Hall–Kier alpha value is -1.01. The average molecular weight is 401 g/mol. The van der Waals surface area contributed by atoms with Crippen LogP contribution >= 0.6 is 50.5 Å². The molecule has 0 aliphatic rings. The van der Waals surface area contributed by atoms with Crippen LogP contribution in [0.3, 0.4) is 0 Å². The zero-order valence-corrected chi connectivity index (χ0v) is 14.7. The van der Waals surface area contributed by atoms with Crippen LogP contribution in [0.25, 0.3) is 22.6 Å². The zero-order valence-electron chi connectivity index (χ0n) is 10.8. The maximum Gasteiger partial charge on any atom is 0.181 e. The first kappa shape index (κ1) is 14.9. The van der Waals surface area contributed by atoms with Gasteiger partial charge >= 0.3 is 0 Å². The quantitative estimate of drug-likeness (QED) is 0.522. The molecule has 21 heavy (non-hydrogen) atoms. The molecule has 0 radical (unpaired) electrons. The van der Waals surface area contributed by atoms with E-state index in [4.69, 9.17) is 23.2 Å². The summed E-state index contributed by atoms with van der Waals surface area (Å²) in [6.45, 7) is 1.92. The van der Waals surface area contributed by atoms with Gasteiger partial charge < -0.3 is 0 Å². The van der Waals surface area contributed by atoms with Crippen LogP contribution in [0.15, 0.2) is 34.1 Å². The van der Waals surface area contributed by atoms with E-state index in [1.165, 1.54) is 11.3 Å². The number of rotatable bonds is 2. The molecule has 0 atom stereocenters. The lowest BCUT2D eigenvalue weighted by molar-refractivity contribution is 1.14. The molecule has 1 aromatic carbocycles. The summed E-state index contributed by atoms with van der Waals surface area (Å²) in [7, 11) is 0. The summed E-state index contributed by atoms with van der Waals surface area (Å²) in [5.41, 5.74) is 2.16. The Morgan fingerprint density at radius 1 is 1.10 bits per heavy atom. The molecule has 3 rings (SSSR count). The molecule has 0 saturated carbocycles. The topological polar surface area (TPSA) is 38.7 Å². The van der Waals surface area contributed by atoms with Crippen molar-refractivity contribution in [2.75, 3.05) is 0 Å². The molecule has 3 nitrogen and oxygen atoms in total. The van der Waals surface area contributed by atoms with E-state index < -0.39 is 0 Å². The number of hydrogen-bond donors (Lipinski definition) is 0. The number of aromatic nitrogens is 3. The molecule has 0 saturated heterocycles. The second kappa shape index (κ2) is 6.01. The normalized spacial score (nSPS) is 10.9. The highest BCUT2D eigenvalue weighted by Crippen LogP contribution is 2.35. The molecular weight excluding hydrogens is 393 g/mol. The van der Waals surface area contributed by atoms with Gasteiger partial charge in [-0.1, -0.05) is 51.3 Å². The largest absolute Gasteiger partial charge is 0.238 e. The number of thiazole rings is 1. The van der Waals surface area contributed by atoms with Crippen molar-refractivity contribution in [3.63, 3.8) is 0 Å². The SMILES string of the molecule is Cc1nc(-c2nc(Cl)c(-c3cccc(Br)c3)c(Cl)n2)cs1. The second-order valence-corrected chi connectivity index (χ2v) is 6.96. The van der Waals surface area contributed by atoms with Crippen LogP contribution in [0.5, 0.6) is 0 Å². The Kier molecular flexibility index (Phi) is 4.26. The first-order chi connectivity index (χ1) is 10.0. The van der Waals surface area contributed by atoms with Crippen molar-refractivity contribution >= 4 is 50.5 Å². The smallest absolute Gasteiger partial charge is 0.181 e. The predicted octanol–water partition coefficient (Wildman–Crippen LogP) is 5.64. The number of halogens is 3. The van der Waals surface area contributed by atoms with E-state index in [1.807, 2.05) is 36.6 Å². The molecule has 0 bridgehead atoms. The molecule has 0 aliphatic carbocycles. The molecule has 2 heterocycles. The second-order valence-electron chi connectivity index (χ2n) is 4.27. The molecular formula is C14H8BrCl2N3S. The van der Waals surface area contributed by atoms with Gasteiger partial charge in [0.15, 0.2) is 5.82 Å². The monoisotopic (exact) mass is 399 g/mol. The van der Waals surface area contributed by atoms with E-state index in [0.29, 0.717) is 27.4 Å². The van der Waals surface area contributed by atoms with Crippen molar-refractivity contribution in [2.45, 2.75) is 6.92 Å². The summed E-state index contributed by atoms with van der Waals surface area (Å²) in [6, 6.07) is 7.67. The molecule has 0 aliphatic heterocycles. The lowest BCUT2D eigenvalue weighted by Crippen LogP contribution is -1.95. The van der Waals surface area contributed by atoms with Gasteiger partial charge in [0, 0.05) is 9.85 Å². The third-order valence-electron chi connectivity index (χ3n) is 2.78. The predicted molar refractivity (Wildman–Crippen MR) is 91.0 cm³/mol. The van der Waals surface area contributed by atoms with E-state index in [0.717, 1.165) is 15.0 Å². The summed E-state index contributed by atoms with van der Waals surface area (Å²) < 4.78 is 0.936. The first-order valence-corrected chi connectivity index (χ1v) is 8.39. The van der Waals surface area contributed by atoms with E-state index >= 15 is 0 Å². The van der Waals surface area contributed by atoms with E-state index in [-0.39, 0.29) is 0 Å². The van der Waals surface area contributed by atoms with Crippen molar-refractivity contribution in [1.29, 1.82) is 0 Å². The molecule has 2 aromatic heterocycles. The van der Waals surface area contributed by atoms with Crippen LogP contribution < -0.4 is 0 Å². The Labute approximate surface area is 144 Å². The van der Waals surface area contributed by atoms with Crippen LogP contribution in [0.2, 0.25) is 10.3 Å². The van der Waals surface area contributed by atoms with Crippen molar-refractivity contribution in [1.82, 2.24) is 15.0 Å². The summed E-state index contributed by atoms with van der Waals surface area (Å²) in [6.07, 6.45) is 0. The van der Waals surface area contributed by atoms with Gasteiger partial charge in [0.05, 0.1) is 10.6 Å². The van der Waals surface area contributed by atoms with Crippen molar-refractivity contribution in [3.05, 3.63) is 49.4 Å². The Balaban J connectivity index is 2.12. The highest BCUT2D eigenvalue weighted by Gasteiger charge is 2.16. The molecule has 7 heteroatoms. The minimum Gasteiger partial charge on any atom is -0.238 e. The minimum absolute atomic E-state index is 0.314. The Morgan fingerprint density at radius 2 is 1.81 bits per heavy atom. The molecule has 0 spiro atoms. The molecule has 106 valence electrons. The van der Waals surface area contributed by atoms with Crippen LogP contribution in [0, 0.1) is 6.92 Å². The fourth-order valence-corrected chi connectivity index (χ4v) is 3.47. The van der Waals surface area contributed by atoms with Crippen LogP contribution in [0.4, 0.5) is 0 Å². The third-order valence-corrected chi connectivity index (χ3v) is 4.60. The molecule has 0 unspecified atom stereocenters. The molecule has 0 N–H and O–H groups in total. The lowest BCUT2D eigenvalue weighted by atomic mass is 10.1. The molecule has 0 fully saturated rings. The molecule has 0 amide bonds. The summed E-state index contributed by atoms with van der Waals surface area (Å²) in [5.74, 6) is 0.438. The summed E-state index contributed by atoms with van der Waals surface area (Å²) >= 11 is 17.6. The Bertz CT molecular complexity index is 796. The van der Waals surface area contributed by atoms with E-state index in [9.17, 15) is 0 Å². The van der Waals surface area contributed by atoms with Crippen molar-refractivity contribution in [3.8, 4) is 22.6 Å². The van der Waals surface area contributed by atoms with Crippen molar-refractivity contribution in [2.24, 2.45) is 0 Å². The van der Waals surface area contributed by atoms with Gasteiger partial charge in [-0.15, -0.1) is 11.3 Å². The van der Waals surface area contributed by atoms with Gasteiger partial charge in [0.2, 0.25) is 0 Å². The van der Waals surface area contributed by atoms with Crippen molar-refractivity contribution < 1.29 is 0 Å². The Morgan fingerprint density at radius 3 is 2.38 bits per heavy atom. The minimum atomic E-state index is 0.314. The van der Waals surface area contributed by atoms with Gasteiger partial charge in [-0.3, -0.25) is 0 Å². The summed E-state index contributed by atoms with van der Waals surface area (Å²) in [5, 5.41) is 3.45. The highest BCUT2D eigenvalue weighted by molar-refractivity contribution is 9.10. The first-order valence-electron chi connectivity index (χ1n) is 5.96. The fraction of sp³-hybridized carbons (Fsp3) is 0.0714. The number of nitrogens with zero attached hydrogens (tertiary/aromatic N) is 3. The summed E-state index contributed by atoms with van der Waals surface area (Å²) in [4.78, 5) is 13.0. The zero-order chi connectivity index (χ0) is 15.0. The van der Waals surface area contributed by atoms with Gasteiger partial charge in [-0.25, -0.2) is 15.0 Å². The van der Waals surface area contributed by atoms with Crippen LogP contribution in [-0.4, -0.2) is 15.0 Å². The van der Waals surface area contributed by atoms with Gasteiger partial charge in [0.1, 0.15) is 16.0 Å².